The second-order valence-electron chi connectivity index (χ2n) is 7.02. The molecule has 0 spiro atoms. The smallest absolute Gasteiger partial charge is 0.225 e. The van der Waals surface area contributed by atoms with Gasteiger partial charge in [0.2, 0.25) is 11.8 Å². The number of amides is 2. The Balaban J connectivity index is 0.00000264. The van der Waals surface area contributed by atoms with Gasteiger partial charge < -0.3 is 15.5 Å². The lowest BCUT2D eigenvalue weighted by atomic mass is 9.92. The van der Waals surface area contributed by atoms with Gasteiger partial charge in [0.05, 0.1) is 5.92 Å². The summed E-state index contributed by atoms with van der Waals surface area (Å²) in [6, 6.07) is 0.224. The maximum absolute atomic E-state index is 12.5. The van der Waals surface area contributed by atoms with Crippen LogP contribution in [0, 0.1) is 17.8 Å². The molecule has 2 saturated heterocycles. The van der Waals surface area contributed by atoms with Crippen molar-refractivity contribution in [3.63, 3.8) is 0 Å². The van der Waals surface area contributed by atoms with Gasteiger partial charge in [-0.15, -0.1) is 12.4 Å². The molecule has 0 radical (unpaired) electrons. The fourth-order valence-corrected chi connectivity index (χ4v) is 3.36. The van der Waals surface area contributed by atoms with E-state index in [0.717, 1.165) is 45.3 Å². The molecule has 2 rings (SSSR count). The number of hydrogen-bond donors (Lipinski definition) is 2. The van der Waals surface area contributed by atoms with E-state index in [1.54, 1.807) is 0 Å². The molecule has 23 heavy (non-hydrogen) atoms. The molecule has 2 amide bonds. The van der Waals surface area contributed by atoms with Crippen LogP contribution in [0.15, 0.2) is 0 Å². The molecule has 0 aromatic rings. The van der Waals surface area contributed by atoms with Crippen molar-refractivity contribution in [2.45, 2.75) is 52.5 Å². The molecule has 6 heteroatoms. The normalized spacial score (nSPS) is 29.3. The average molecular weight is 346 g/mol. The minimum absolute atomic E-state index is 0. The molecule has 5 nitrogen and oxygen atoms in total. The van der Waals surface area contributed by atoms with Gasteiger partial charge in [-0.2, -0.15) is 0 Å². The van der Waals surface area contributed by atoms with Crippen molar-refractivity contribution in [3.05, 3.63) is 0 Å². The van der Waals surface area contributed by atoms with Gasteiger partial charge in [-0.05, 0) is 38.1 Å². The molecule has 2 heterocycles. The third-order valence-electron chi connectivity index (χ3n) is 5.29. The van der Waals surface area contributed by atoms with Gasteiger partial charge in [0, 0.05) is 31.6 Å². The van der Waals surface area contributed by atoms with Crippen LogP contribution >= 0.6 is 12.4 Å². The molecular weight excluding hydrogens is 314 g/mol. The number of likely N-dealkylation sites (tertiary alicyclic amines) is 1. The van der Waals surface area contributed by atoms with Crippen molar-refractivity contribution in [1.82, 2.24) is 15.5 Å². The van der Waals surface area contributed by atoms with Gasteiger partial charge in [0.15, 0.2) is 0 Å². The Morgan fingerprint density at radius 3 is 2.74 bits per heavy atom. The van der Waals surface area contributed by atoms with Gasteiger partial charge in [-0.1, -0.05) is 20.8 Å². The molecule has 0 saturated carbocycles. The lowest BCUT2D eigenvalue weighted by molar-refractivity contribution is -0.139. The number of carbonyl (C=O) groups is 2. The van der Waals surface area contributed by atoms with E-state index in [0.29, 0.717) is 12.5 Å². The third kappa shape index (κ3) is 5.35. The summed E-state index contributed by atoms with van der Waals surface area (Å²) in [5.41, 5.74) is 0. The highest BCUT2D eigenvalue weighted by molar-refractivity contribution is 5.85. The Morgan fingerprint density at radius 2 is 2.09 bits per heavy atom. The fraction of sp³-hybridized carbons (Fsp3) is 0.882. The Labute approximate surface area is 146 Å². The molecule has 2 fully saturated rings. The van der Waals surface area contributed by atoms with Gasteiger partial charge in [0.1, 0.15) is 0 Å². The highest BCUT2D eigenvalue weighted by atomic mass is 35.5. The van der Waals surface area contributed by atoms with Crippen molar-refractivity contribution in [3.8, 4) is 0 Å². The number of piperidine rings is 2. The van der Waals surface area contributed by atoms with Crippen molar-refractivity contribution in [2.75, 3.05) is 26.2 Å². The summed E-state index contributed by atoms with van der Waals surface area (Å²) in [6.07, 6.45) is 3.79. The summed E-state index contributed by atoms with van der Waals surface area (Å²) in [6.45, 7) is 9.49. The van der Waals surface area contributed by atoms with Crippen LogP contribution in [0.25, 0.3) is 0 Å². The second-order valence-corrected chi connectivity index (χ2v) is 7.02. The first-order valence-electron chi connectivity index (χ1n) is 8.82. The average Bonchev–Trinajstić information content (AvgIpc) is 2.55. The zero-order valence-corrected chi connectivity index (χ0v) is 15.5. The predicted octanol–water partition coefficient (Wildman–Crippen LogP) is 1.81. The van der Waals surface area contributed by atoms with Gasteiger partial charge in [-0.3, -0.25) is 9.59 Å². The van der Waals surface area contributed by atoms with Crippen molar-refractivity contribution in [1.29, 1.82) is 0 Å². The van der Waals surface area contributed by atoms with E-state index in [1.165, 1.54) is 0 Å². The SMILES string of the molecule is CCC(C)C(=O)N1CCCC(C(=O)NC2CNCCC2C)C1.Cl. The topological polar surface area (TPSA) is 61.4 Å². The quantitative estimate of drug-likeness (QED) is 0.816. The minimum Gasteiger partial charge on any atom is -0.352 e. The van der Waals surface area contributed by atoms with Crippen LogP contribution in [-0.2, 0) is 9.59 Å². The fourth-order valence-electron chi connectivity index (χ4n) is 3.36. The molecule has 2 N–H and O–H groups in total. The first-order valence-corrected chi connectivity index (χ1v) is 8.82. The highest BCUT2D eigenvalue weighted by Crippen LogP contribution is 2.20. The molecule has 0 aromatic carbocycles. The molecule has 2 aliphatic heterocycles. The van der Waals surface area contributed by atoms with E-state index in [2.05, 4.69) is 17.6 Å². The van der Waals surface area contributed by atoms with Crippen LogP contribution < -0.4 is 10.6 Å². The van der Waals surface area contributed by atoms with Crippen molar-refractivity contribution < 1.29 is 9.59 Å². The molecule has 134 valence electrons. The number of hydrogen-bond acceptors (Lipinski definition) is 3. The summed E-state index contributed by atoms with van der Waals surface area (Å²) < 4.78 is 0. The van der Waals surface area contributed by atoms with Crippen LogP contribution in [0.1, 0.15) is 46.5 Å². The van der Waals surface area contributed by atoms with Crippen LogP contribution in [0.4, 0.5) is 0 Å². The van der Waals surface area contributed by atoms with E-state index in [-0.39, 0.29) is 42.1 Å². The zero-order valence-electron chi connectivity index (χ0n) is 14.6. The number of halogens is 1. The predicted molar refractivity (Wildman–Crippen MR) is 94.6 cm³/mol. The Morgan fingerprint density at radius 1 is 1.35 bits per heavy atom. The van der Waals surface area contributed by atoms with Crippen LogP contribution in [0.5, 0.6) is 0 Å². The number of rotatable bonds is 4. The summed E-state index contributed by atoms with van der Waals surface area (Å²) in [4.78, 5) is 26.8. The summed E-state index contributed by atoms with van der Waals surface area (Å²) >= 11 is 0. The van der Waals surface area contributed by atoms with Crippen LogP contribution in [0.3, 0.4) is 0 Å². The molecule has 4 unspecified atom stereocenters. The van der Waals surface area contributed by atoms with E-state index in [4.69, 9.17) is 0 Å². The van der Waals surface area contributed by atoms with Gasteiger partial charge >= 0.3 is 0 Å². The Hall–Kier alpha value is -0.810. The number of carbonyl (C=O) groups excluding carboxylic acids is 2. The Bertz CT molecular complexity index is 405. The van der Waals surface area contributed by atoms with Gasteiger partial charge in [0.25, 0.3) is 0 Å². The number of nitrogens with one attached hydrogen (secondary N) is 2. The number of nitrogens with zero attached hydrogens (tertiary/aromatic N) is 1. The van der Waals surface area contributed by atoms with E-state index < -0.39 is 0 Å². The summed E-state index contributed by atoms with van der Waals surface area (Å²) in [7, 11) is 0. The molecule has 0 aliphatic carbocycles. The van der Waals surface area contributed by atoms with E-state index >= 15 is 0 Å². The first-order chi connectivity index (χ1) is 10.5. The highest BCUT2D eigenvalue weighted by Gasteiger charge is 2.32. The van der Waals surface area contributed by atoms with Crippen LogP contribution in [-0.4, -0.2) is 48.9 Å². The monoisotopic (exact) mass is 345 g/mol. The van der Waals surface area contributed by atoms with Gasteiger partial charge in [-0.25, -0.2) is 0 Å². The zero-order chi connectivity index (χ0) is 16.1. The molecular formula is C17H32ClN3O2. The van der Waals surface area contributed by atoms with Crippen molar-refractivity contribution in [2.24, 2.45) is 17.8 Å². The minimum atomic E-state index is -0.0455. The molecule has 0 aromatic heterocycles. The van der Waals surface area contributed by atoms with Crippen LogP contribution in [0.2, 0.25) is 0 Å². The molecule has 4 atom stereocenters. The lowest BCUT2D eigenvalue weighted by Gasteiger charge is -2.36. The summed E-state index contributed by atoms with van der Waals surface area (Å²) in [5.74, 6) is 0.863. The largest absolute Gasteiger partial charge is 0.352 e. The third-order valence-corrected chi connectivity index (χ3v) is 5.29. The Kier molecular flexibility index (Phi) is 8.34. The second kappa shape index (κ2) is 9.48. The van der Waals surface area contributed by atoms with Crippen molar-refractivity contribution >= 4 is 24.2 Å². The van der Waals surface area contributed by atoms with E-state index in [1.807, 2.05) is 18.7 Å². The molecule has 2 aliphatic rings. The molecule has 0 bridgehead atoms. The van der Waals surface area contributed by atoms with E-state index in [9.17, 15) is 9.59 Å². The maximum Gasteiger partial charge on any atom is 0.225 e. The first kappa shape index (κ1) is 20.2. The lowest BCUT2D eigenvalue weighted by Crippen LogP contribution is -2.54. The summed E-state index contributed by atoms with van der Waals surface area (Å²) in [5, 5.41) is 6.55. The standard InChI is InChI=1S/C17H31N3O2.ClH/c1-4-12(2)17(22)20-9-5-6-14(11-20)16(21)19-15-10-18-8-7-13(15)3;/h12-15,18H,4-11H2,1-3H3,(H,19,21);1H. The maximum atomic E-state index is 12.5.